The molecule has 0 aliphatic heterocycles. The molecule has 1 heterocycles. The summed E-state index contributed by atoms with van der Waals surface area (Å²) in [6.45, 7) is -5.39. The Bertz CT molecular complexity index is 2150. The Kier molecular flexibility index (Phi) is 4.97. The maximum atomic E-state index is 13.1. The van der Waals surface area contributed by atoms with Crippen LogP contribution in [0.1, 0.15) is 67.7 Å². The predicted molar refractivity (Wildman–Crippen MR) is 157 cm³/mol. The number of nitrogens with zero attached hydrogens (tertiary/aromatic N) is 1. The van der Waals surface area contributed by atoms with E-state index in [1.165, 1.54) is 61.8 Å². The van der Waals surface area contributed by atoms with Crippen LogP contribution in [-0.4, -0.2) is 38.2 Å². The van der Waals surface area contributed by atoms with Crippen LogP contribution in [0.5, 0.6) is 5.75 Å². The molecule has 0 radical (unpaired) electrons. The monoisotopic (exact) mass is 586 g/mol. The predicted octanol–water partition coefficient (Wildman–Crippen LogP) is 5.70. The van der Waals surface area contributed by atoms with Gasteiger partial charge in [-0.15, -0.1) is 0 Å². The lowest BCUT2D eigenvalue weighted by molar-refractivity contribution is 0.0980. The van der Waals surface area contributed by atoms with E-state index in [0.717, 1.165) is 16.7 Å². The highest BCUT2D eigenvalue weighted by Gasteiger charge is 2.22. The van der Waals surface area contributed by atoms with Gasteiger partial charge in [-0.25, -0.2) is 17.9 Å². The van der Waals surface area contributed by atoms with Gasteiger partial charge in [0.05, 0.1) is 13.4 Å². The minimum Gasteiger partial charge on any atom is -0.496 e. The summed E-state index contributed by atoms with van der Waals surface area (Å²) in [6, 6.07) is 13.1. The number of hydrogen-bond donors (Lipinski definition) is 2. The zero-order valence-electron chi connectivity index (χ0n) is 32.8. The minimum absolute atomic E-state index is 0.0129. The van der Waals surface area contributed by atoms with Crippen molar-refractivity contribution in [1.82, 2.24) is 9.29 Å². The van der Waals surface area contributed by atoms with E-state index in [1.807, 2.05) is 4.72 Å². The number of benzene rings is 3. The standard InChI is InChI=1S/C31H33N3O6S/c1-20-8-4-7-11-29(20)41(37,38)33-30(35)22-13-12-21(28(17-22)39-3)16-23-19-34(2)27-15-14-24(18-26(23)27)32-31(36)40-25-9-5-6-10-25/h4,7-8,11-15,17-19,25H,5-6,9-10,16H2,1-3H3,(H,32,36)(H,33,35)/i1D3,2D3,9D2,10D2,25D. The second-order valence-corrected chi connectivity index (χ2v) is 10.7. The fraction of sp³-hybridized carbons (Fsp3) is 0.290. The summed E-state index contributed by atoms with van der Waals surface area (Å²) in [5, 5.41) is 2.72. The van der Waals surface area contributed by atoms with Crippen molar-refractivity contribution in [3.8, 4) is 5.75 Å². The van der Waals surface area contributed by atoms with Gasteiger partial charge in [-0.3, -0.25) is 10.1 Å². The van der Waals surface area contributed by atoms with Crippen LogP contribution >= 0.6 is 0 Å². The van der Waals surface area contributed by atoms with Crippen molar-refractivity contribution in [2.24, 2.45) is 6.98 Å². The Morgan fingerprint density at radius 2 is 1.90 bits per heavy atom. The average Bonchev–Trinajstić information content (AvgIpc) is 3.48. The van der Waals surface area contributed by atoms with Gasteiger partial charge < -0.3 is 14.0 Å². The summed E-state index contributed by atoms with van der Waals surface area (Å²) < 4.78 is 127. The number of nitrogens with one attached hydrogen (secondary N) is 2. The lowest BCUT2D eigenvalue weighted by atomic mass is 10.0. The molecule has 0 atom stereocenters. The molecule has 9 nitrogen and oxygen atoms in total. The number of anilines is 1. The smallest absolute Gasteiger partial charge is 0.411 e. The van der Waals surface area contributed by atoms with Crippen LogP contribution in [0.15, 0.2) is 71.8 Å². The molecule has 214 valence electrons. The zero-order valence-corrected chi connectivity index (χ0v) is 22.6. The molecule has 1 aliphatic rings. The molecule has 1 fully saturated rings. The van der Waals surface area contributed by atoms with Crippen molar-refractivity contribution < 1.29 is 42.6 Å². The first-order valence-electron chi connectivity index (χ1n) is 17.9. The highest BCUT2D eigenvalue weighted by atomic mass is 32.2. The van der Waals surface area contributed by atoms with Gasteiger partial charge in [-0.05, 0) is 85.5 Å². The number of aryl methyl sites for hydroxylation is 2. The minimum atomic E-state index is -4.61. The summed E-state index contributed by atoms with van der Waals surface area (Å²) in [5.41, 5.74) is 0.571. The molecular formula is C31H33N3O6S. The van der Waals surface area contributed by atoms with Crippen molar-refractivity contribution in [1.29, 1.82) is 0 Å². The normalized spacial score (nSPS) is 21.5. The molecule has 4 aromatic rings. The number of amides is 2. The number of carbonyl (C=O) groups excluding carboxylic acids is 2. The number of rotatable bonds is 8. The van der Waals surface area contributed by atoms with Gasteiger partial charge in [0.1, 0.15) is 11.8 Å². The van der Waals surface area contributed by atoms with Crippen molar-refractivity contribution in [3.05, 3.63) is 89.1 Å². The maximum Gasteiger partial charge on any atom is 0.411 e. The van der Waals surface area contributed by atoms with Gasteiger partial charge in [0, 0.05) is 55.5 Å². The summed E-state index contributed by atoms with van der Waals surface area (Å²) in [6.07, 6.45) is -8.31. The van der Waals surface area contributed by atoms with E-state index in [9.17, 15) is 18.0 Å². The largest absolute Gasteiger partial charge is 0.496 e. The molecule has 2 amide bonds. The van der Waals surface area contributed by atoms with Gasteiger partial charge in [0.15, 0.2) is 0 Å². The second kappa shape index (κ2) is 11.7. The van der Waals surface area contributed by atoms with E-state index in [4.69, 9.17) is 24.6 Å². The maximum absolute atomic E-state index is 13.1. The molecule has 1 aliphatic carbocycles. The van der Waals surface area contributed by atoms with E-state index in [-0.39, 0.29) is 41.8 Å². The van der Waals surface area contributed by atoms with Crippen LogP contribution < -0.4 is 14.8 Å². The van der Waals surface area contributed by atoms with Gasteiger partial charge in [0.25, 0.3) is 15.9 Å². The molecule has 1 saturated carbocycles. The molecule has 0 saturated heterocycles. The highest BCUT2D eigenvalue weighted by molar-refractivity contribution is 7.90. The number of hydrogen-bond acceptors (Lipinski definition) is 6. The number of fused-ring (bicyclic) bond motifs is 1. The molecule has 41 heavy (non-hydrogen) atoms. The first-order chi connectivity index (χ1) is 23.9. The Hall–Kier alpha value is -4.31. The summed E-state index contributed by atoms with van der Waals surface area (Å²) >= 11 is 0. The van der Waals surface area contributed by atoms with Gasteiger partial charge >= 0.3 is 6.09 Å². The zero-order chi connectivity index (χ0) is 38.7. The first-order valence-corrected chi connectivity index (χ1v) is 13.9. The molecule has 10 heteroatoms. The second-order valence-electron chi connectivity index (χ2n) is 9.09. The highest BCUT2D eigenvalue weighted by Crippen LogP contribution is 2.30. The number of aromatic nitrogens is 1. The molecule has 0 bridgehead atoms. The van der Waals surface area contributed by atoms with Gasteiger partial charge in [-0.1, -0.05) is 24.3 Å². The van der Waals surface area contributed by atoms with Crippen LogP contribution in [-0.2, 0) is 28.2 Å². The molecule has 5 rings (SSSR count). The number of methoxy groups -OCH3 is 1. The summed E-state index contributed by atoms with van der Waals surface area (Å²) in [7, 11) is -3.31. The third-order valence-electron chi connectivity index (χ3n) is 6.36. The third-order valence-corrected chi connectivity index (χ3v) is 7.75. The van der Waals surface area contributed by atoms with E-state index >= 15 is 0 Å². The molecule has 0 unspecified atom stereocenters. The van der Waals surface area contributed by atoms with E-state index in [1.54, 1.807) is 0 Å². The lowest BCUT2D eigenvalue weighted by Crippen LogP contribution is -2.31. The van der Waals surface area contributed by atoms with Gasteiger partial charge in [0.2, 0.25) is 0 Å². The first kappa shape index (κ1) is 17.5. The van der Waals surface area contributed by atoms with Crippen molar-refractivity contribution in [2.75, 3.05) is 12.4 Å². The molecule has 3 aromatic carbocycles. The summed E-state index contributed by atoms with van der Waals surface area (Å²) in [4.78, 5) is 25.3. The van der Waals surface area contributed by atoms with Crippen LogP contribution in [0.2, 0.25) is 0 Å². The Morgan fingerprint density at radius 1 is 1.10 bits per heavy atom. The van der Waals surface area contributed by atoms with E-state index in [0.29, 0.717) is 16.5 Å². The molecule has 1 aromatic heterocycles. The van der Waals surface area contributed by atoms with Gasteiger partial charge in [-0.2, -0.15) is 0 Å². The third kappa shape index (κ3) is 6.22. The SMILES string of the molecule is [2H]C([2H])([2H])c1ccccc1S(=O)(=O)NC(=O)c1ccc(Cc2cn(C([2H])([2H])[2H])c3ccc(NC(=O)OC4([2H])C([2H])([2H])CCC4([2H])[2H])cc23)c(OC)c1. The van der Waals surface area contributed by atoms with Crippen LogP contribution in [0.4, 0.5) is 10.5 Å². The van der Waals surface area contributed by atoms with Crippen LogP contribution in [0.25, 0.3) is 10.9 Å². The van der Waals surface area contributed by atoms with Crippen LogP contribution in [0.3, 0.4) is 0 Å². The fourth-order valence-electron chi connectivity index (χ4n) is 4.41. The van der Waals surface area contributed by atoms with Crippen molar-refractivity contribution in [3.63, 3.8) is 0 Å². The molecule has 2 N–H and O–H groups in total. The van der Waals surface area contributed by atoms with Crippen molar-refractivity contribution >= 4 is 38.6 Å². The molecule has 0 spiro atoms. The molecular weight excluding hydrogens is 542 g/mol. The quantitative estimate of drug-likeness (QED) is 0.274. The Labute approximate surface area is 255 Å². The lowest BCUT2D eigenvalue weighted by Gasteiger charge is -2.13. The topological polar surface area (TPSA) is 116 Å². The van der Waals surface area contributed by atoms with E-state index < -0.39 is 65.1 Å². The Balaban J connectivity index is 1.43. The van der Waals surface area contributed by atoms with Crippen molar-refractivity contribution in [2.45, 2.75) is 49.8 Å². The Morgan fingerprint density at radius 3 is 2.66 bits per heavy atom. The number of ether oxygens (including phenoxy) is 2. The average molecular weight is 587 g/mol. The number of sulfonamides is 1. The van der Waals surface area contributed by atoms with Crippen LogP contribution in [0, 0.1) is 6.85 Å². The fourth-order valence-corrected chi connectivity index (χ4v) is 5.50. The summed E-state index contributed by atoms with van der Waals surface area (Å²) in [5.74, 6) is -0.943. The van der Waals surface area contributed by atoms with E-state index in [2.05, 4.69) is 5.32 Å². The number of carbonyl (C=O) groups is 2.